The van der Waals surface area contributed by atoms with Gasteiger partial charge in [-0.05, 0) is 25.0 Å². The number of sulfone groups is 1. The van der Waals surface area contributed by atoms with Crippen LogP contribution >= 0.6 is 0 Å². The van der Waals surface area contributed by atoms with Crippen molar-refractivity contribution < 1.29 is 18.3 Å². The van der Waals surface area contributed by atoms with Crippen LogP contribution in [0.1, 0.15) is 26.2 Å². The van der Waals surface area contributed by atoms with Gasteiger partial charge in [-0.1, -0.05) is 25.1 Å². The average Bonchev–Trinajstić information content (AvgIpc) is 2.46. The third-order valence-corrected chi connectivity index (χ3v) is 4.77. The highest BCUT2D eigenvalue weighted by atomic mass is 32.2. The number of nitrogens with one attached hydrogen (secondary N) is 1. The van der Waals surface area contributed by atoms with E-state index < -0.39 is 9.84 Å². The molecule has 0 aliphatic rings. The van der Waals surface area contributed by atoms with Crippen molar-refractivity contribution in [1.82, 2.24) is 5.32 Å². The lowest BCUT2D eigenvalue weighted by Crippen LogP contribution is -2.35. The van der Waals surface area contributed by atoms with Gasteiger partial charge in [0.2, 0.25) is 5.91 Å². The summed E-state index contributed by atoms with van der Waals surface area (Å²) in [5.74, 6) is -0.511. The molecule has 112 valence electrons. The smallest absolute Gasteiger partial charge is 0.221 e. The number of benzene rings is 1. The number of aliphatic hydroxyl groups is 1. The van der Waals surface area contributed by atoms with E-state index in [2.05, 4.69) is 5.32 Å². The van der Waals surface area contributed by atoms with Gasteiger partial charge in [0.1, 0.15) is 0 Å². The Bertz CT molecular complexity index is 513. The third-order valence-electron chi connectivity index (χ3n) is 3.04. The highest BCUT2D eigenvalue weighted by Gasteiger charge is 2.17. The second kappa shape index (κ2) is 8.01. The number of carbonyl (C=O) groups excluding carboxylic acids is 1. The molecule has 0 spiro atoms. The summed E-state index contributed by atoms with van der Waals surface area (Å²) in [4.78, 5) is 11.9. The predicted molar refractivity (Wildman–Crippen MR) is 77.0 cm³/mol. The van der Waals surface area contributed by atoms with Gasteiger partial charge in [-0.15, -0.1) is 0 Å². The van der Waals surface area contributed by atoms with Gasteiger partial charge in [0.15, 0.2) is 9.84 Å². The Labute approximate surface area is 119 Å². The Morgan fingerprint density at radius 3 is 2.50 bits per heavy atom. The summed E-state index contributed by atoms with van der Waals surface area (Å²) in [6, 6.07) is 7.99. The van der Waals surface area contributed by atoms with Gasteiger partial charge >= 0.3 is 0 Å². The van der Waals surface area contributed by atoms with E-state index in [1.165, 1.54) is 12.1 Å². The number of hydrogen-bond acceptors (Lipinski definition) is 4. The molecule has 5 nitrogen and oxygen atoms in total. The molecule has 2 N–H and O–H groups in total. The van der Waals surface area contributed by atoms with Crippen LogP contribution in [0.15, 0.2) is 35.2 Å². The van der Waals surface area contributed by atoms with Crippen LogP contribution < -0.4 is 5.32 Å². The molecule has 0 radical (unpaired) electrons. The van der Waals surface area contributed by atoms with Gasteiger partial charge in [0, 0.05) is 19.1 Å². The molecule has 0 fully saturated rings. The van der Waals surface area contributed by atoms with E-state index in [0.29, 0.717) is 12.8 Å². The fourth-order valence-electron chi connectivity index (χ4n) is 1.81. The molecule has 0 heterocycles. The molecule has 20 heavy (non-hydrogen) atoms. The quantitative estimate of drug-likeness (QED) is 0.753. The number of rotatable bonds is 8. The Morgan fingerprint density at radius 1 is 1.30 bits per heavy atom. The lowest BCUT2D eigenvalue weighted by atomic mass is 10.1. The second-order valence-corrected chi connectivity index (χ2v) is 6.68. The van der Waals surface area contributed by atoms with Crippen LogP contribution in [0, 0.1) is 0 Å². The molecule has 0 aromatic heterocycles. The zero-order valence-electron chi connectivity index (χ0n) is 11.6. The highest BCUT2D eigenvalue weighted by Crippen LogP contribution is 2.11. The molecular formula is C14H21NO4S. The first kappa shape index (κ1) is 16.7. The molecule has 1 amide bonds. The monoisotopic (exact) mass is 299 g/mol. The maximum atomic E-state index is 12.0. The topological polar surface area (TPSA) is 83.5 Å². The van der Waals surface area contributed by atoms with E-state index in [-0.39, 0.29) is 35.6 Å². The Hall–Kier alpha value is -1.40. The van der Waals surface area contributed by atoms with Crippen LogP contribution in [0.4, 0.5) is 0 Å². The molecule has 1 aromatic carbocycles. The third kappa shape index (κ3) is 5.30. The van der Waals surface area contributed by atoms with Crippen molar-refractivity contribution in [2.75, 3.05) is 12.4 Å². The van der Waals surface area contributed by atoms with E-state index in [1.54, 1.807) is 18.2 Å². The Morgan fingerprint density at radius 2 is 1.95 bits per heavy atom. The fourth-order valence-corrected chi connectivity index (χ4v) is 3.07. The van der Waals surface area contributed by atoms with Crippen molar-refractivity contribution >= 4 is 15.7 Å². The minimum atomic E-state index is -3.42. The molecular weight excluding hydrogens is 278 g/mol. The lowest BCUT2D eigenvalue weighted by molar-refractivity contribution is -0.121. The SMILES string of the molecule is CCC(CCO)NC(=O)CCS(=O)(=O)c1ccccc1. The predicted octanol–water partition coefficient (Wildman–Crippen LogP) is 1.13. The molecule has 0 saturated heterocycles. The number of hydrogen-bond donors (Lipinski definition) is 2. The van der Waals surface area contributed by atoms with Crippen LogP contribution in [0.5, 0.6) is 0 Å². The maximum Gasteiger partial charge on any atom is 0.221 e. The van der Waals surface area contributed by atoms with Crippen molar-refractivity contribution in [3.05, 3.63) is 30.3 Å². The molecule has 6 heteroatoms. The first-order valence-electron chi connectivity index (χ1n) is 6.67. The van der Waals surface area contributed by atoms with Crippen molar-refractivity contribution in [2.45, 2.75) is 37.1 Å². The van der Waals surface area contributed by atoms with Crippen molar-refractivity contribution in [2.24, 2.45) is 0 Å². The second-order valence-electron chi connectivity index (χ2n) is 4.57. The lowest BCUT2D eigenvalue weighted by Gasteiger charge is -2.15. The average molecular weight is 299 g/mol. The van der Waals surface area contributed by atoms with Gasteiger partial charge in [0.05, 0.1) is 10.6 Å². The molecule has 0 bridgehead atoms. The molecule has 0 aliphatic carbocycles. The highest BCUT2D eigenvalue weighted by molar-refractivity contribution is 7.91. The fraction of sp³-hybridized carbons (Fsp3) is 0.500. The van der Waals surface area contributed by atoms with Gasteiger partial charge in [-0.2, -0.15) is 0 Å². The number of amides is 1. The summed E-state index contributed by atoms with van der Waals surface area (Å²) in [6.07, 6.45) is 1.12. The molecule has 0 aliphatic heterocycles. The number of carbonyl (C=O) groups is 1. The zero-order valence-corrected chi connectivity index (χ0v) is 12.4. The minimum Gasteiger partial charge on any atom is -0.396 e. The summed E-state index contributed by atoms with van der Waals surface area (Å²) in [5, 5.41) is 11.6. The first-order valence-corrected chi connectivity index (χ1v) is 8.33. The maximum absolute atomic E-state index is 12.0. The van der Waals surface area contributed by atoms with Gasteiger partial charge in [0.25, 0.3) is 0 Å². The van der Waals surface area contributed by atoms with E-state index in [1.807, 2.05) is 6.92 Å². The standard InChI is InChI=1S/C14H21NO4S/c1-2-12(8-10-16)15-14(17)9-11-20(18,19)13-6-4-3-5-7-13/h3-7,12,16H,2,8-11H2,1H3,(H,15,17). The zero-order chi connectivity index (χ0) is 15.0. The van der Waals surface area contributed by atoms with Crippen molar-refractivity contribution in [3.8, 4) is 0 Å². The number of aliphatic hydroxyl groups excluding tert-OH is 1. The molecule has 1 aromatic rings. The van der Waals surface area contributed by atoms with Crippen LogP contribution in [-0.2, 0) is 14.6 Å². The Balaban J connectivity index is 2.52. The van der Waals surface area contributed by atoms with Gasteiger partial charge in [-0.3, -0.25) is 4.79 Å². The molecule has 1 unspecified atom stereocenters. The van der Waals surface area contributed by atoms with Crippen LogP contribution in [0.2, 0.25) is 0 Å². The van der Waals surface area contributed by atoms with Crippen molar-refractivity contribution in [1.29, 1.82) is 0 Å². The first-order chi connectivity index (χ1) is 9.49. The minimum absolute atomic E-state index is 0.00109. The van der Waals surface area contributed by atoms with E-state index in [4.69, 9.17) is 5.11 Å². The van der Waals surface area contributed by atoms with Crippen LogP contribution in [0.25, 0.3) is 0 Å². The summed E-state index contributed by atoms with van der Waals surface area (Å²) >= 11 is 0. The summed E-state index contributed by atoms with van der Waals surface area (Å²) in [7, 11) is -3.42. The van der Waals surface area contributed by atoms with E-state index >= 15 is 0 Å². The van der Waals surface area contributed by atoms with Gasteiger partial charge in [-0.25, -0.2) is 8.42 Å². The van der Waals surface area contributed by atoms with Gasteiger partial charge < -0.3 is 10.4 Å². The van der Waals surface area contributed by atoms with E-state index in [9.17, 15) is 13.2 Å². The van der Waals surface area contributed by atoms with Crippen LogP contribution in [0.3, 0.4) is 0 Å². The summed E-state index contributed by atoms with van der Waals surface area (Å²) < 4.78 is 24.0. The summed E-state index contributed by atoms with van der Waals surface area (Å²) in [5.41, 5.74) is 0. The normalized spacial score (nSPS) is 12.9. The molecule has 0 saturated carbocycles. The van der Waals surface area contributed by atoms with Crippen LogP contribution in [-0.4, -0.2) is 37.8 Å². The summed E-state index contributed by atoms with van der Waals surface area (Å²) in [6.45, 7) is 1.91. The Kier molecular flexibility index (Phi) is 6.67. The van der Waals surface area contributed by atoms with E-state index in [0.717, 1.165) is 0 Å². The molecule has 1 atom stereocenters. The molecule has 1 rings (SSSR count). The largest absolute Gasteiger partial charge is 0.396 e. The van der Waals surface area contributed by atoms with Crippen molar-refractivity contribution in [3.63, 3.8) is 0 Å².